The molecular formula is C38H49N3O4. The van der Waals surface area contributed by atoms with E-state index in [1.165, 1.54) is 56.9 Å². The van der Waals surface area contributed by atoms with E-state index in [0.717, 1.165) is 31.1 Å². The van der Waals surface area contributed by atoms with Crippen LogP contribution in [0.3, 0.4) is 0 Å². The summed E-state index contributed by atoms with van der Waals surface area (Å²) in [5.41, 5.74) is 1.79. The number of nitrogens with zero attached hydrogens (tertiary/aromatic N) is 1. The fourth-order valence-corrected chi connectivity index (χ4v) is 10.3. The van der Waals surface area contributed by atoms with Crippen LogP contribution in [0.25, 0.3) is 0 Å². The summed E-state index contributed by atoms with van der Waals surface area (Å²) >= 11 is 0. The van der Waals surface area contributed by atoms with E-state index in [9.17, 15) is 14.4 Å². The molecule has 1 heterocycles. The SMILES string of the molecule is COc1cccc(NC(=O)NC2CC(c3ccccc3)CC(C3CCCCC3)N(CC(=O)C3C4CC5CC(C4)CC3C5)C2=O)c1. The number of carbonyl (C=O) groups excluding carboxylic acids is 3. The minimum Gasteiger partial charge on any atom is -0.497 e. The zero-order valence-corrected chi connectivity index (χ0v) is 26.7. The van der Waals surface area contributed by atoms with Crippen LogP contribution in [0.4, 0.5) is 10.5 Å². The molecule has 3 amide bonds. The van der Waals surface area contributed by atoms with E-state index >= 15 is 0 Å². The first-order valence-corrected chi connectivity index (χ1v) is 17.5. The smallest absolute Gasteiger partial charge is 0.319 e. The molecule has 5 aliphatic carbocycles. The third-order valence-electron chi connectivity index (χ3n) is 12.1. The largest absolute Gasteiger partial charge is 0.497 e. The van der Waals surface area contributed by atoms with Crippen LogP contribution in [-0.2, 0) is 9.59 Å². The van der Waals surface area contributed by atoms with E-state index < -0.39 is 12.1 Å². The molecule has 3 atom stereocenters. The molecule has 45 heavy (non-hydrogen) atoms. The van der Waals surface area contributed by atoms with Gasteiger partial charge in [0, 0.05) is 23.7 Å². The quantitative estimate of drug-likeness (QED) is 0.331. The van der Waals surface area contributed by atoms with Crippen molar-refractivity contribution in [1.82, 2.24) is 10.2 Å². The fourth-order valence-electron chi connectivity index (χ4n) is 10.3. The molecule has 3 unspecified atom stereocenters. The lowest BCUT2D eigenvalue weighted by atomic mass is 9.51. The zero-order chi connectivity index (χ0) is 30.9. The summed E-state index contributed by atoms with van der Waals surface area (Å²) in [6.07, 6.45) is 13.2. The predicted octanol–water partition coefficient (Wildman–Crippen LogP) is 7.18. The number of anilines is 1. The van der Waals surface area contributed by atoms with Crippen molar-refractivity contribution in [3.8, 4) is 5.75 Å². The molecule has 0 spiro atoms. The van der Waals surface area contributed by atoms with Gasteiger partial charge in [-0.05, 0) is 111 Å². The van der Waals surface area contributed by atoms with Crippen LogP contribution in [0.15, 0.2) is 54.6 Å². The summed E-state index contributed by atoms with van der Waals surface area (Å²) in [7, 11) is 1.59. The van der Waals surface area contributed by atoms with E-state index in [2.05, 4.69) is 34.9 Å². The Hall–Kier alpha value is -3.35. The highest BCUT2D eigenvalue weighted by molar-refractivity contribution is 5.95. The Kier molecular flexibility index (Phi) is 8.87. The maximum absolute atomic E-state index is 14.7. The Balaban J connectivity index is 1.17. The highest BCUT2D eigenvalue weighted by Crippen LogP contribution is 2.57. The standard InChI is InChI=1S/C38H49N3O4/c1-45-32-14-8-13-31(22-32)39-38(44)40-33-20-28(26-9-4-2-5-10-26)21-34(27-11-6-3-7-12-27)41(37(33)43)23-35(42)36-29-16-24-15-25(18-29)19-30(36)17-24/h2,4-5,8-10,13-14,22,24-25,27-30,33-34,36H,3,6-7,11-12,15-21,23H2,1H3,(H2,39,40,44). The van der Waals surface area contributed by atoms with Crippen LogP contribution in [0.1, 0.15) is 88.5 Å². The molecule has 5 saturated carbocycles. The first-order valence-electron chi connectivity index (χ1n) is 17.5. The Morgan fingerprint density at radius 2 is 1.53 bits per heavy atom. The molecule has 7 nitrogen and oxygen atoms in total. The van der Waals surface area contributed by atoms with Crippen LogP contribution in [0.2, 0.25) is 0 Å². The van der Waals surface area contributed by atoms with E-state index in [4.69, 9.17) is 4.74 Å². The lowest BCUT2D eigenvalue weighted by Crippen LogP contribution is -2.56. The molecular weight excluding hydrogens is 562 g/mol. The molecule has 0 radical (unpaired) electrons. The molecule has 6 fully saturated rings. The molecule has 1 saturated heterocycles. The second kappa shape index (κ2) is 13.2. The van der Waals surface area contributed by atoms with Crippen LogP contribution >= 0.6 is 0 Å². The number of carbonyl (C=O) groups is 3. The molecule has 7 heteroatoms. The normalized spacial score (nSPS) is 33.0. The number of hydrogen-bond acceptors (Lipinski definition) is 4. The van der Waals surface area contributed by atoms with Crippen molar-refractivity contribution in [2.24, 2.45) is 35.5 Å². The van der Waals surface area contributed by atoms with E-state index in [1.54, 1.807) is 19.2 Å². The third-order valence-corrected chi connectivity index (χ3v) is 12.1. The van der Waals surface area contributed by atoms with Crippen LogP contribution in [0.5, 0.6) is 5.75 Å². The molecule has 0 aromatic heterocycles. The Morgan fingerprint density at radius 1 is 0.822 bits per heavy atom. The predicted molar refractivity (Wildman–Crippen MR) is 175 cm³/mol. The second-order valence-corrected chi connectivity index (χ2v) is 14.8. The Labute approximate surface area is 267 Å². The average molecular weight is 612 g/mol. The highest BCUT2D eigenvalue weighted by atomic mass is 16.5. The van der Waals surface area contributed by atoms with Crippen molar-refractivity contribution in [2.45, 2.75) is 95.1 Å². The maximum Gasteiger partial charge on any atom is 0.319 e. The number of Topliss-reactive ketones (excluding diaryl/α,β-unsaturated/α-hetero) is 1. The van der Waals surface area contributed by atoms with Crippen LogP contribution in [0, 0.1) is 35.5 Å². The number of amides is 3. The van der Waals surface area contributed by atoms with Crippen molar-refractivity contribution in [2.75, 3.05) is 19.0 Å². The average Bonchev–Trinajstić information content (AvgIpc) is 3.17. The maximum atomic E-state index is 14.7. The van der Waals surface area contributed by atoms with Gasteiger partial charge in [-0.1, -0.05) is 55.7 Å². The topological polar surface area (TPSA) is 87.7 Å². The minimum absolute atomic E-state index is 0.00274. The number of benzene rings is 2. The van der Waals surface area contributed by atoms with Crippen molar-refractivity contribution < 1.29 is 19.1 Å². The highest BCUT2D eigenvalue weighted by Gasteiger charge is 2.51. The zero-order valence-electron chi connectivity index (χ0n) is 26.7. The molecule has 8 rings (SSSR count). The number of ketones is 1. The number of methoxy groups -OCH3 is 1. The number of ether oxygens (including phenoxy) is 1. The Morgan fingerprint density at radius 3 is 2.22 bits per heavy atom. The van der Waals surface area contributed by atoms with Crippen molar-refractivity contribution in [1.29, 1.82) is 0 Å². The van der Waals surface area contributed by atoms with Crippen molar-refractivity contribution >= 4 is 23.4 Å². The number of urea groups is 1. The van der Waals surface area contributed by atoms with Gasteiger partial charge < -0.3 is 20.3 Å². The Bertz CT molecular complexity index is 1340. The lowest BCUT2D eigenvalue weighted by molar-refractivity contribution is -0.146. The van der Waals surface area contributed by atoms with Crippen LogP contribution < -0.4 is 15.4 Å². The first kappa shape index (κ1) is 30.3. The number of nitrogens with one attached hydrogen (secondary N) is 2. The molecule has 2 aromatic carbocycles. The molecule has 2 aromatic rings. The second-order valence-electron chi connectivity index (χ2n) is 14.8. The van der Waals surface area contributed by atoms with Gasteiger partial charge in [0.1, 0.15) is 11.8 Å². The number of likely N-dealkylation sites (tertiary alicyclic amines) is 1. The molecule has 240 valence electrons. The summed E-state index contributed by atoms with van der Waals surface area (Å²) in [5, 5.41) is 5.97. The number of rotatable bonds is 8. The monoisotopic (exact) mass is 611 g/mol. The summed E-state index contributed by atoms with van der Waals surface area (Å²) < 4.78 is 5.32. The summed E-state index contributed by atoms with van der Waals surface area (Å²) in [6, 6.07) is 16.5. The van der Waals surface area contributed by atoms with Crippen molar-refractivity contribution in [3.05, 3.63) is 60.2 Å². The van der Waals surface area contributed by atoms with Crippen molar-refractivity contribution in [3.63, 3.8) is 0 Å². The molecule has 1 aliphatic heterocycles. The van der Waals surface area contributed by atoms with Gasteiger partial charge in [0.15, 0.2) is 5.78 Å². The molecule has 2 N–H and O–H groups in total. The van der Waals surface area contributed by atoms with Crippen LogP contribution in [-0.4, -0.2) is 48.4 Å². The lowest BCUT2D eigenvalue weighted by Gasteiger charge is -2.54. The number of hydrogen-bond donors (Lipinski definition) is 2. The van der Waals surface area contributed by atoms with Gasteiger partial charge >= 0.3 is 6.03 Å². The summed E-state index contributed by atoms with van der Waals surface area (Å²) in [4.78, 5) is 44.4. The first-order chi connectivity index (χ1) is 21.9. The molecule has 6 aliphatic rings. The van der Waals surface area contributed by atoms with Gasteiger partial charge in [-0.3, -0.25) is 9.59 Å². The third kappa shape index (κ3) is 6.50. The summed E-state index contributed by atoms with van der Waals surface area (Å²) in [6.45, 7) is 0.185. The molecule has 4 bridgehead atoms. The van der Waals surface area contributed by atoms with Gasteiger partial charge in [-0.25, -0.2) is 4.79 Å². The van der Waals surface area contributed by atoms with E-state index in [1.807, 2.05) is 23.1 Å². The summed E-state index contributed by atoms with van der Waals surface area (Å²) in [5.74, 6) is 3.98. The van der Waals surface area contributed by atoms with Gasteiger partial charge in [-0.15, -0.1) is 0 Å². The van der Waals surface area contributed by atoms with Gasteiger partial charge in [0.2, 0.25) is 5.91 Å². The van der Waals surface area contributed by atoms with Gasteiger partial charge in [0.25, 0.3) is 0 Å². The van der Waals surface area contributed by atoms with E-state index in [0.29, 0.717) is 35.6 Å². The fraction of sp³-hybridized carbons (Fsp3) is 0.605. The van der Waals surface area contributed by atoms with E-state index in [-0.39, 0.29) is 36.1 Å². The minimum atomic E-state index is -0.722. The van der Waals surface area contributed by atoms with Gasteiger partial charge in [-0.2, -0.15) is 0 Å². The van der Waals surface area contributed by atoms with Gasteiger partial charge in [0.05, 0.1) is 13.7 Å².